The van der Waals surface area contributed by atoms with Gasteiger partial charge in [-0.2, -0.15) is 5.10 Å². The van der Waals surface area contributed by atoms with Gasteiger partial charge in [-0.15, -0.1) is 0 Å². The van der Waals surface area contributed by atoms with Crippen LogP contribution >= 0.6 is 11.6 Å². The Balaban J connectivity index is 2.32. The van der Waals surface area contributed by atoms with Gasteiger partial charge in [0, 0.05) is 25.0 Å². The lowest BCUT2D eigenvalue weighted by Gasteiger charge is -2.10. The monoisotopic (exact) mass is 280 g/mol. The van der Waals surface area contributed by atoms with Gasteiger partial charge in [0.2, 0.25) is 0 Å². The van der Waals surface area contributed by atoms with E-state index in [9.17, 15) is 0 Å². The molecule has 104 valence electrons. The molecule has 0 aliphatic heterocycles. The summed E-state index contributed by atoms with van der Waals surface area (Å²) in [7, 11) is 1.95. The third-order valence-electron chi connectivity index (χ3n) is 3.30. The van der Waals surface area contributed by atoms with Gasteiger partial charge in [-0.3, -0.25) is 4.68 Å². The number of hydrogen-bond donors (Lipinski definition) is 1. The highest BCUT2D eigenvalue weighted by Gasteiger charge is 2.15. The lowest BCUT2D eigenvalue weighted by Crippen LogP contribution is -2.13. The van der Waals surface area contributed by atoms with E-state index in [0.29, 0.717) is 0 Å². The molecule has 2 heterocycles. The van der Waals surface area contributed by atoms with Crippen LogP contribution in [0.2, 0.25) is 5.02 Å². The standard InChI is InChI=1S/C14H21ClN4/c1-4-12-14(15)13(19(5-2)17-12)10-18-8-6-7-11(18)9-16-3/h6-8,16H,4-5,9-10H2,1-3H3. The molecule has 19 heavy (non-hydrogen) atoms. The van der Waals surface area contributed by atoms with Crippen molar-refractivity contribution < 1.29 is 0 Å². The molecule has 5 heteroatoms. The minimum absolute atomic E-state index is 0.768. The van der Waals surface area contributed by atoms with Crippen LogP contribution in [0.5, 0.6) is 0 Å². The average Bonchev–Trinajstić information content (AvgIpc) is 2.97. The molecule has 0 aliphatic rings. The van der Waals surface area contributed by atoms with Crippen molar-refractivity contribution in [2.75, 3.05) is 7.05 Å². The Morgan fingerprint density at radius 2 is 2.16 bits per heavy atom. The van der Waals surface area contributed by atoms with Crippen LogP contribution in [0, 0.1) is 0 Å². The predicted octanol–water partition coefficient (Wildman–Crippen LogP) is 2.69. The molecule has 0 saturated carbocycles. The molecule has 1 N–H and O–H groups in total. The highest BCUT2D eigenvalue weighted by atomic mass is 35.5. The van der Waals surface area contributed by atoms with Crippen molar-refractivity contribution in [2.45, 2.75) is 39.9 Å². The molecule has 2 aromatic heterocycles. The molecule has 2 aromatic rings. The van der Waals surface area contributed by atoms with Gasteiger partial charge in [0.1, 0.15) is 0 Å². The molecular weight excluding hydrogens is 260 g/mol. The van der Waals surface area contributed by atoms with Gasteiger partial charge < -0.3 is 9.88 Å². The van der Waals surface area contributed by atoms with Crippen LogP contribution in [0.4, 0.5) is 0 Å². The van der Waals surface area contributed by atoms with E-state index in [0.717, 1.165) is 42.5 Å². The maximum atomic E-state index is 6.44. The van der Waals surface area contributed by atoms with Gasteiger partial charge in [0.05, 0.1) is 23.0 Å². The fraction of sp³-hybridized carbons (Fsp3) is 0.500. The summed E-state index contributed by atoms with van der Waals surface area (Å²) in [5.41, 5.74) is 3.33. The molecule has 0 aromatic carbocycles. The van der Waals surface area contributed by atoms with Crippen LogP contribution in [0.25, 0.3) is 0 Å². The van der Waals surface area contributed by atoms with Crippen LogP contribution in [0.15, 0.2) is 18.3 Å². The summed E-state index contributed by atoms with van der Waals surface area (Å²) in [6.45, 7) is 6.64. The Labute approximate surface area is 119 Å². The second-order valence-electron chi connectivity index (χ2n) is 4.53. The summed E-state index contributed by atoms with van der Waals surface area (Å²) in [6, 6.07) is 4.19. The van der Waals surface area contributed by atoms with Crippen LogP contribution < -0.4 is 5.32 Å². The van der Waals surface area contributed by atoms with Crippen molar-refractivity contribution in [3.63, 3.8) is 0 Å². The van der Waals surface area contributed by atoms with E-state index in [4.69, 9.17) is 11.6 Å². The maximum Gasteiger partial charge on any atom is 0.0868 e. The smallest absolute Gasteiger partial charge is 0.0868 e. The second-order valence-corrected chi connectivity index (χ2v) is 4.91. The molecule has 2 rings (SSSR count). The highest BCUT2D eigenvalue weighted by Crippen LogP contribution is 2.23. The van der Waals surface area contributed by atoms with E-state index in [1.165, 1.54) is 5.69 Å². The Morgan fingerprint density at radius 1 is 1.37 bits per heavy atom. The van der Waals surface area contributed by atoms with Gasteiger partial charge >= 0.3 is 0 Å². The zero-order valence-corrected chi connectivity index (χ0v) is 12.5. The Hall–Kier alpha value is -1.26. The zero-order chi connectivity index (χ0) is 13.8. The van der Waals surface area contributed by atoms with E-state index in [2.05, 4.69) is 47.2 Å². The van der Waals surface area contributed by atoms with Crippen molar-refractivity contribution in [3.8, 4) is 0 Å². The number of rotatable bonds is 6. The van der Waals surface area contributed by atoms with Crippen LogP contribution in [-0.4, -0.2) is 21.4 Å². The minimum Gasteiger partial charge on any atom is -0.344 e. The van der Waals surface area contributed by atoms with Gasteiger partial charge in [0.15, 0.2) is 0 Å². The van der Waals surface area contributed by atoms with E-state index < -0.39 is 0 Å². The molecule has 0 saturated heterocycles. The third kappa shape index (κ3) is 2.85. The molecule has 0 unspecified atom stereocenters. The third-order valence-corrected chi connectivity index (χ3v) is 3.73. The number of halogens is 1. The molecule has 0 aliphatic carbocycles. The predicted molar refractivity (Wildman–Crippen MR) is 78.6 cm³/mol. The maximum absolute atomic E-state index is 6.44. The van der Waals surface area contributed by atoms with E-state index in [1.54, 1.807) is 0 Å². The summed E-state index contributed by atoms with van der Waals surface area (Å²) < 4.78 is 4.22. The van der Waals surface area contributed by atoms with Crippen LogP contribution in [0.1, 0.15) is 30.9 Å². The fourth-order valence-corrected chi connectivity index (χ4v) is 2.60. The number of aromatic nitrogens is 3. The topological polar surface area (TPSA) is 34.8 Å². The van der Waals surface area contributed by atoms with E-state index in [1.807, 2.05) is 11.7 Å². The molecule has 0 radical (unpaired) electrons. The van der Waals surface area contributed by atoms with Crippen molar-refractivity contribution in [1.82, 2.24) is 19.7 Å². The van der Waals surface area contributed by atoms with Crippen LogP contribution in [0.3, 0.4) is 0 Å². The normalized spacial score (nSPS) is 11.2. The molecule has 0 atom stereocenters. The second kappa shape index (κ2) is 6.26. The number of nitrogens with zero attached hydrogens (tertiary/aromatic N) is 3. The lowest BCUT2D eigenvalue weighted by atomic mass is 10.3. The number of aryl methyl sites for hydroxylation is 2. The zero-order valence-electron chi connectivity index (χ0n) is 11.8. The minimum atomic E-state index is 0.768. The summed E-state index contributed by atoms with van der Waals surface area (Å²) in [5.74, 6) is 0. The molecular formula is C14H21ClN4. The summed E-state index contributed by atoms with van der Waals surface area (Å²) >= 11 is 6.44. The largest absolute Gasteiger partial charge is 0.344 e. The number of nitrogens with one attached hydrogen (secondary N) is 1. The van der Waals surface area contributed by atoms with E-state index in [-0.39, 0.29) is 0 Å². The van der Waals surface area contributed by atoms with Gasteiger partial charge in [-0.05, 0) is 32.5 Å². The van der Waals surface area contributed by atoms with Crippen molar-refractivity contribution in [2.24, 2.45) is 0 Å². The van der Waals surface area contributed by atoms with E-state index >= 15 is 0 Å². The lowest BCUT2D eigenvalue weighted by molar-refractivity contribution is 0.585. The molecule has 0 bridgehead atoms. The van der Waals surface area contributed by atoms with Crippen molar-refractivity contribution in [3.05, 3.63) is 40.4 Å². The van der Waals surface area contributed by atoms with Crippen LogP contribution in [-0.2, 0) is 26.1 Å². The Morgan fingerprint density at radius 3 is 2.79 bits per heavy atom. The first kappa shape index (κ1) is 14.2. The average molecular weight is 281 g/mol. The number of hydrogen-bond acceptors (Lipinski definition) is 2. The molecule has 0 amide bonds. The van der Waals surface area contributed by atoms with Crippen molar-refractivity contribution in [1.29, 1.82) is 0 Å². The Kier molecular flexibility index (Phi) is 4.66. The highest BCUT2D eigenvalue weighted by molar-refractivity contribution is 6.31. The Bertz CT molecular complexity index is 542. The summed E-state index contributed by atoms with van der Waals surface area (Å²) in [4.78, 5) is 0. The van der Waals surface area contributed by atoms with Crippen molar-refractivity contribution >= 4 is 11.6 Å². The first-order chi connectivity index (χ1) is 9.21. The first-order valence-corrected chi connectivity index (χ1v) is 7.11. The quantitative estimate of drug-likeness (QED) is 0.883. The molecule has 4 nitrogen and oxygen atoms in total. The van der Waals surface area contributed by atoms with Gasteiger partial charge in [-0.25, -0.2) is 0 Å². The first-order valence-electron chi connectivity index (χ1n) is 6.73. The SMILES string of the molecule is CCc1nn(CC)c(Cn2cccc2CNC)c1Cl. The molecule has 0 spiro atoms. The summed E-state index contributed by atoms with van der Waals surface area (Å²) in [5, 5.41) is 8.55. The summed E-state index contributed by atoms with van der Waals surface area (Å²) in [6.07, 6.45) is 2.95. The fourth-order valence-electron chi connectivity index (χ4n) is 2.28. The van der Waals surface area contributed by atoms with Gasteiger partial charge in [-0.1, -0.05) is 18.5 Å². The molecule has 0 fully saturated rings. The van der Waals surface area contributed by atoms with Gasteiger partial charge in [0.25, 0.3) is 0 Å².